The highest BCUT2D eigenvalue weighted by molar-refractivity contribution is 6.19. The fourth-order valence-electron chi connectivity index (χ4n) is 2.30. The van der Waals surface area contributed by atoms with E-state index >= 15 is 0 Å². The molecule has 0 radical (unpaired) electrons. The monoisotopic (exact) mass is 381 g/mol. The Morgan fingerprint density at radius 3 is 1.37 bits per heavy atom. The van der Waals surface area contributed by atoms with Gasteiger partial charge in [-0.05, 0) is 6.07 Å². The Bertz CT molecular complexity index is 811. The highest BCUT2D eigenvalue weighted by Crippen LogP contribution is 2.28. The number of hydrogen-bond donors (Lipinski definition) is 0. The first-order valence-electron chi connectivity index (χ1n) is 7.42. The molecule has 146 valence electrons. The summed E-state index contributed by atoms with van der Waals surface area (Å²) >= 11 is 0. The molecule has 10 heteroatoms. The molecular weight excluding hydrogens is 362 g/mol. The minimum Gasteiger partial charge on any atom is -0.465 e. The lowest BCUT2D eigenvalue weighted by Crippen LogP contribution is -2.29. The van der Waals surface area contributed by atoms with Gasteiger partial charge in [0.1, 0.15) is 0 Å². The molecule has 0 unspecified atom stereocenters. The van der Waals surface area contributed by atoms with Crippen molar-refractivity contribution in [1.29, 1.82) is 0 Å². The molecule has 0 N–H and O–H groups in total. The summed E-state index contributed by atoms with van der Waals surface area (Å²) in [5.41, 5.74) is -2.53. The van der Waals surface area contributed by atoms with Gasteiger partial charge in [0.05, 0.1) is 56.3 Å². The topological polar surface area (TPSA) is 126 Å². The van der Waals surface area contributed by atoms with Crippen LogP contribution in [0.15, 0.2) is 6.07 Å². The zero-order valence-electron chi connectivity index (χ0n) is 15.7. The Morgan fingerprint density at radius 2 is 1.00 bits per heavy atom. The molecule has 0 aliphatic carbocycles. The molecule has 0 aromatic heterocycles. The Hall–Kier alpha value is -3.43. The fraction of sp³-hybridized carbons (Fsp3) is 0.353. The molecule has 0 atom stereocenters. The summed E-state index contributed by atoms with van der Waals surface area (Å²) < 4.78 is 18.5. The number of ether oxygens (including phenoxy) is 4. The number of rotatable bonds is 5. The Labute approximate surface area is 154 Å². The van der Waals surface area contributed by atoms with Crippen LogP contribution in [-0.2, 0) is 18.9 Å². The standard InChI is InChI=1S/C17H19NO9/c1-18(2)13(19)8-7-9(14(20)24-3)11(16(22)26-5)12(17(23)27-6)10(8)15(21)25-4/h7H,1-6H3. The molecular formula is C17H19NO9. The Kier molecular flexibility index (Phi) is 7.03. The smallest absolute Gasteiger partial charge is 0.339 e. The van der Waals surface area contributed by atoms with Crippen molar-refractivity contribution >= 4 is 29.8 Å². The van der Waals surface area contributed by atoms with E-state index < -0.39 is 52.0 Å². The first kappa shape index (κ1) is 21.6. The summed E-state index contributed by atoms with van der Waals surface area (Å²) in [4.78, 5) is 62.9. The highest BCUT2D eigenvalue weighted by Gasteiger charge is 2.36. The molecule has 0 saturated heterocycles. The normalized spacial score (nSPS) is 9.85. The lowest BCUT2D eigenvalue weighted by Gasteiger charge is -2.19. The predicted molar refractivity (Wildman–Crippen MR) is 89.8 cm³/mol. The number of nitrogens with zero attached hydrogens (tertiary/aromatic N) is 1. The van der Waals surface area contributed by atoms with Crippen molar-refractivity contribution in [2.75, 3.05) is 42.5 Å². The minimum absolute atomic E-state index is 0.347. The third kappa shape index (κ3) is 4.05. The van der Waals surface area contributed by atoms with E-state index in [0.717, 1.165) is 39.4 Å². The Morgan fingerprint density at radius 1 is 0.630 bits per heavy atom. The quantitative estimate of drug-likeness (QED) is 0.530. The molecule has 0 aliphatic rings. The molecule has 0 fully saturated rings. The van der Waals surface area contributed by atoms with E-state index in [1.807, 2.05) is 0 Å². The van der Waals surface area contributed by atoms with Gasteiger partial charge in [0.25, 0.3) is 5.91 Å². The molecule has 1 rings (SSSR count). The maximum Gasteiger partial charge on any atom is 0.339 e. The van der Waals surface area contributed by atoms with E-state index in [0.29, 0.717) is 0 Å². The van der Waals surface area contributed by atoms with E-state index in [9.17, 15) is 24.0 Å². The summed E-state index contributed by atoms with van der Waals surface area (Å²) in [6, 6.07) is 0.971. The third-order valence-corrected chi connectivity index (χ3v) is 3.54. The zero-order valence-corrected chi connectivity index (χ0v) is 15.7. The largest absolute Gasteiger partial charge is 0.465 e. The van der Waals surface area contributed by atoms with Crippen LogP contribution in [0.1, 0.15) is 51.8 Å². The Balaban J connectivity index is 4.22. The van der Waals surface area contributed by atoms with Gasteiger partial charge in [0, 0.05) is 14.1 Å². The molecule has 1 aromatic carbocycles. The van der Waals surface area contributed by atoms with Gasteiger partial charge in [-0.2, -0.15) is 0 Å². The van der Waals surface area contributed by atoms with E-state index in [2.05, 4.69) is 18.9 Å². The van der Waals surface area contributed by atoms with Crippen molar-refractivity contribution in [3.63, 3.8) is 0 Å². The van der Waals surface area contributed by atoms with Gasteiger partial charge < -0.3 is 23.8 Å². The summed E-state index contributed by atoms with van der Waals surface area (Å²) in [5, 5.41) is 0. The molecule has 0 heterocycles. The van der Waals surface area contributed by atoms with Gasteiger partial charge in [-0.25, -0.2) is 19.2 Å². The number of esters is 4. The predicted octanol–water partition coefficient (Wildman–Crippen LogP) is 0.535. The van der Waals surface area contributed by atoms with Crippen LogP contribution < -0.4 is 0 Å². The first-order chi connectivity index (χ1) is 12.7. The molecule has 0 saturated carbocycles. The number of benzene rings is 1. The fourth-order valence-corrected chi connectivity index (χ4v) is 2.30. The van der Waals surface area contributed by atoms with Gasteiger partial charge in [-0.15, -0.1) is 0 Å². The summed E-state index contributed by atoms with van der Waals surface area (Å²) in [5.74, 6) is -5.08. The minimum atomic E-state index is -1.14. The molecule has 27 heavy (non-hydrogen) atoms. The average Bonchev–Trinajstić information content (AvgIpc) is 2.68. The van der Waals surface area contributed by atoms with Gasteiger partial charge in [-0.1, -0.05) is 0 Å². The number of amides is 1. The maximum atomic E-state index is 12.6. The molecule has 0 aliphatic heterocycles. The number of carbonyl (C=O) groups is 5. The van der Waals surface area contributed by atoms with E-state index in [1.54, 1.807) is 0 Å². The zero-order chi connectivity index (χ0) is 20.9. The van der Waals surface area contributed by atoms with Gasteiger partial charge in [0.2, 0.25) is 0 Å². The van der Waals surface area contributed by atoms with Gasteiger partial charge >= 0.3 is 23.9 Å². The van der Waals surface area contributed by atoms with E-state index in [1.165, 1.54) is 14.1 Å². The first-order valence-corrected chi connectivity index (χ1v) is 7.42. The second kappa shape index (κ2) is 8.79. The van der Waals surface area contributed by atoms with Crippen LogP contribution >= 0.6 is 0 Å². The van der Waals surface area contributed by atoms with Crippen molar-refractivity contribution in [3.05, 3.63) is 33.9 Å². The van der Waals surface area contributed by atoms with E-state index in [-0.39, 0.29) is 5.56 Å². The SMILES string of the molecule is COC(=O)c1cc(C(=O)N(C)C)c(C(=O)OC)c(C(=O)OC)c1C(=O)OC. The van der Waals surface area contributed by atoms with Gasteiger partial charge in [-0.3, -0.25) is 4.79 Å². The molecule has 0 spiro atoms. The second-order valence-electron chi connectivity index (χ2n) is 5.26. The lowest BCUT2D eigenvalue weighted by atomic mass is 9.90. The van der Waals surface area contributed by atoms with Crippen LogP contribution in [0.2, 0.25) is 0 Å². The van der Waals surface area contributed by atoms with Crippen molar-refractivity contribution < 1.29 is 42.9 Å². The average molecular weight is 381 g/mol. The third-order valence-electron chi connectivity index (χ3n) is 3.54. The van der Waals surface area contributed by atoms with Crippen molar-refractivity contribution in [2.45, 2.75) is 0 Å². The summed E-state index contributed by atoms with van der Waals surface area (Å²) in [7, 11) is 6.88. The van der Waals surface area contributed by atoms with Crippen LogP contribution in [-0.4, -0.2) is 77.2 Å². The van der Waals surface area contributed by atoms with Crippen LogP contribution in [0.3, 0.4) is 0 Å². The van der Waals surface area contributed by atoms with Crippen LogP contribution in [0.25, 0.3) is 0 Å². The van der Waals surface area contributed by atoms with E-state index in [4.69, 9.17) is 0 Å². The molecule has 1 amide bonds. The number of methoxy groups -OCH3 is 4. The summed E-state index contributed by atoms with van der Waals surface area (Å²) in [6.45, 7) is 0. The number of carbonyl (C=O) groups excluding carboxylic acids is 5. The molecule has 1 aromatic rings. The van der Waals surface area contributed by atoms with Crippen LogP contribution in [0.4, 0.5) is 0 Å². The summed E-state index contributed by atoms with van der Waals surface area (Å²) in [6.07, 6.45) is 0. The second-order valence-corrected chi connectivity index (χ2v) is 5.26. The highest BCUT2D eigenvalue weighted by atomic mass is 16.5. The van der Waals surface area contributed by atoms with Crippen LogP contribution in [0.5, 0.6) is 0 Å². The van der Waals surface area contributed by atoms with Gasteiger partial charge in [0.15, 0.2) is 0 Å². The maximum absolute atomic E-state index is 12.6. The van der Waals surface area contributed by atoms with Crippen LogP contribution in [0, 0.1) is 0 Å². The molecule has 10 nitrogen and oxygen atoms in total. The van der Waals surface area contributed by atoms with Crippen molar-refractivity contribution in [2.24, 2.45) is 0 Å². The lowest BCUT2D eigenvalue weighted by molar-refractivity contribution is 0.0519. The van der Waals surface area contributed by atoms with Crippen molar-refractivity contribution in [1.82, 2.24) is 4.90 Å². The molecule has 0 bridgehead atoms. The number of hydrogen-bond acceptors (Lipinski definition) is 9. The van der Waals surface area contributed by atoms with Crippen molar-refractivity contribution in [3.8, 4) is 0 Å².